The van der Waals surface area contributed by atoms with Crippen molar-refractivity contribution in [2.45, 2.75) is 45.4 Å². The van der Waals surface area contributed by atoms with Gasteiger partial charge in [0.05, 0.1) is 0 Å². The van der Waals surface area contributed by atoms with Crippen LogP contribution in [0.4, 0.5) is 0 Å². The molecule has 1 saturated carbocycles. The first kappa shape index (κ1) is 13.9. The first-order valence-electron chi connectivity index (χ1n) is 7.24. The highest BCUT2D eigenvalue weighted by atomic mass is 127. The lowest BCUT2D eigenvalue weighted by molar-refractivity contribution is 0.190. The molecule has 98 valence electrons. The minimum absolute atomic E-state index is 0.989. The van der Waals surface area contributed by atoms with Crippen LogP contribution < -0.4 is 0 Å². The monoisotopic (exact) mass is 347 g/mol. The van der Waals surface area contributed by atoms with Crippen molar-refractivity contribution in [2.75, 3.05) is 24.1 Å². The molecule has 0 aromatic carbocycles. The predicted octanol–water partition coefficient (Wildman–Crippen LogP) is 4.27. The molecular weight excluding hydrogens is 321 g/mol. The summed E-state index contributed by atoms with van der Waals surface area (Å²) in [7, 11) is 0. The first-order valence-corrected chi connectivity index (χ1v) is 8.76. The fraction of sp³-hybridized carbons (Fsp3) is 0.867. The van der Waals surface area contributed by atoms with Crippen molar-refractivity contribution in [3.05, 3.63) is 11.6 Å². The van der Waals surface area contributed by atoms with Crippen molar-refractivity contribution in [1.82, 2.24) is 4.90 Å². The number of hydrogen-bond donors (Lipinski definition) is 0. The lowest BCUT2D eigenvalue weighted by atomic mass is 9.83. The lowest BCUT2D eigenvalue weighted by Gasteiger charge is -2.31. The second-order valence-electron chi connectivity index (χ2n) is 5.96. The quantitative estimate of drug-likeness (QED) is 0.419. The van der Waals surface area contributed by atoms with Crippen LogP contribution in [0.15, 0.2) is 11.6 Å². The third kappa shape index (κ3) is 4.55. The molecule has 0 aromatic heterocycles. The largest absolute Gasteiger partial charge is 0.302 e. The SMILES string of the molecule is CC1CCC(CN2CCC=C(CI)CC2)CC1. The average Bonchev–Trinajstić information content (AvgIpc) is 2.57. The van der Waals surface area contributed by atoms with E-state index in [2.05, 4.69) is 40.5 Å². The van der Waals surface area contributed by atoms with Gasteiger partial charge in [-0.1, -0.05) is 54.0 Å². The summed E-state index contributed by atoms with van der Waals surface area (Å²) in [6, 6.07) is 0. The summed E-state index contributed by atoms with van der Waals surface area (Å²) >= 11 is 2.50. The van der Waals surface area contributed by atoms with E-state index in [1.807, 2.05) is 0 Å². The van der Waals surface area contributed by atoms with Gasteiger partial charge >= 0.3 is 0 Å². The number of halogens is 1. The molecule has 17 heavy (non-hydrogen) atoms. The Morgan fingerprint density at radius 3 is 2.71 bits per heavy atom. The molecule has 0 N–H and O–H groups in total. The number of alkyl halides is 1. The van der Waals surface area contributed by atoms with Crippen LogP contribution in [-0.2, 0) is 0 Å². The molecule has 0 bridgehead atoms. The zero-order valence-corrected chi connectivity index (χ0v) is 13.3. The van der Waals surface area contributed by atoms with E-state index in [9.17, 15) is 0 Å². The number of nitrogens with zero attached hydrogens (tertiary/aromatic N) is 1. The molecule has 0 radical (unpaired) electrons. The van der Waals surface area contributed by atoms with Gasteiger partial charge in [0.25, 0.3) is 0 Å². The zero-order chi connectivity index (χ0) is 12.1. The van der Waals surface area contributed by atoms with Gasteiger partial charge in [0.2, 0.25) is 0 Å². The van der Waals surface area contributed by atoms with Crippen molar-refractivity contribution in [3.8, 4) is 0 Å². The molecule has 2 rings (SSSR count). The minimum Gasteiger partial charge on any atom is -0.302 e. The lowest BCUT2D eigenvalue weighted by Crippen LogP contribution is -2.32. The summed E-state index contributed by atoms with van der Waals surface area (Å²) in [5.41, 5.74) is 1.67. The van der Waals surface area contributed by atoms with Crippen LogP contribution in [0.1, 0.15) is 45.4 Å². The molecule has 0 amide bonds. The van der Waals surface area contributed by atoms with Gasteiger partial charge in [-0.05, 0) is 37.5 Å². The second-order valence-corrected chi connectivity index (χ2v) is 6.72. The van der Waals surface area contributed by atoms with Crippen LogP contribution in [0, 0.1) is 11.8 Å². The van der Waals surface area contributed by atoms with E-state index < -0.39 is 0 Å². The van der Waals surface area contributed by atoms with Crippen molar-refractivity contribution in [3.63, 3.8) is 0 Å². The van der Waals surface area contributed by atoms with E-state index in [0.717, 1.165) is 11.8 Å². The van der Waals surface area contributed by atoms with Crippen LogP contribution in [0.3, 0.4) is 0 Å². The van der Waals surface area contributed by atoms with Gasteiger partial charge in [-0.25, -0.2) is 0 Å². The standard InChI is InChI=1S/C15H26IN/c1-13-4-6-15(7-5-13)12-17-9-2-3-14(11-16)8-10-17/h3,13,15H,2,4-12H2,1H3. The Morgan fingerprint density at radius 2 is 2.00 bits per heavy atom. The van der Waals surface area contributed by atoms with E-state index in [1.54, 1.807) is 5.57 Å². The Kier molecular flexibility index (Phi) is 5.81. The minimum atomic E-state index is 0.989. The summed E-state index contributed by atoms with van der Waals surface area (Å²) in [5, 5.41) is 0. The molecule has 0 saturated heterocycles. The zero-order valence-electron chi connectivity index (χ0n) is 11.1. The molecule has 2 heteroatoms. The van der Waals surface area contributed by atoms with E-state index in [-0.39, 0.29) is 0 Å². The molecule has 1 nitrogen and oxygen atoms in total. The fourth-order valence-corrected chi connectivity index (χ4v) is 3.84. The molecule has 0 unspecified atom stereocenters. The third-order valence-corrected chi connectivity index (χ3v) is 5.43. The van der Waals surface area contributed by atoms with Crippen molar-refractivity contribution in [1.29, 1.82) is 0 Å². The maximum absolute atomic E-state index is 2.72. The summed E-state index contributed by atoms with van der Waals surface area (Å²) in [4.78, 5) is 2.72. The van der Waals surface area contributed by atoms with Gasteiger partial charge in [-0.2, -0.15) is 0 Å². The normalized spacial score (nSPS) is 32.0. The Morgan fingerprint density at radius 1 is 1.24 bits per heavy atom. The van der Waals surface area contributed by atoms with Gasteiger partial charge in [0.1, 0.15) is 0 Å². The Balaban J connectivity index is 1.73. The highest BCUT2D eigenvalue weighted by molar-refractivity contribution is 14.1. The van der Waals surface area contributed by atoms with Gasteiger partial charge < -0.3 is 4.90 Å². The van der Waals surface area contributed by atoms with E-state index in [0.29, 0.717) is 0 Å². The first-order chi connectivity index (χ1) is 8.28. The maximum atomic E-state index is 2.72. The van der Waals surface area contributed by atoms with Crippen LogP contribution >= 0.6 is 22.6 Å². The Hall–Kier alpha value is 0.430. The van der Waals surface area contributed by atoms with Gasteiger partial charge in [0, 0.05) is 24.1 Å². The Labute approximate surface area is 120 Å². The highest BCUT2D eigenvalue weighted by Gasteiger charge is 2.21. The number of hydrogen-bond acceptors (Lipinski definition) is 1. The molecule has 1 aliphatic heterocycles. The summed E-state index contributed by atoms with van der Waals surface area (Å²) in [5.74, 6) is 1.98. The number of rotatable bonds is 3. The van der Waals surface area contributed by atoms with Crippen LogP contribution in [0.25, 0.3) is 0 Å². The predicted molar refractivity (Wildman–Crippen MR) is 83.8 cm³/mol. The van der Waals surface area contributed by atoms with Gasteiger partial charge in [-0.3, -0.25) is 0 Å². The van der Waals surface area contributed by atoms with Gasteiger partial charge in [0.15, 0.2) is 0 Å². The molecule has 0 spiro atoms. The fourth-order valence-electron chi connectivity index (χ4n) is 3.15. The van der Waals surface area contributed by atoms with E-state index in [1.165, 1.54) is 62.6 Å². The summed E-state index contributed by atoms with van der Waals surface area (Å²) in [6.07, 6.45) is 11.0. The molecule has 1 aliphatic carbocycles. The topological polar surface area (TPSA) is 3.24 Å². The second kappa shape index (κ2) is 7.13. The Bertz CT molecular complexity index is 254. The molecule has 2 aliphatic rings. The van der Waals surface area contributed by atoms with Crippen molar-refractivity contribution in [2.24, 2.45) is 11.8 Å². The van der Waals surface area contributed by atoms with E-state index in [4.69, 9.17) is 0 Å². The molecule has 1 fully saturated rings. The summed E-state index contributed by atoms with van der Waals surface area (Å²) < 4.78 is 1.23. The molecule has 0 aromatic rings. The smallest absolute Gasteiger partial charge is 0.0206 e. The van der Waals surface area contributed by atoms with Crippen LogP contribution in [-0.4, -0.2) is 29.0 Å². The van der Waals surface area contributed by atoms with Crippen molar-refractivity contribution >= 4 is 22.6 Å². The molecule has 0 atom stereocenters. The maximum Gasteiger partial charge on any atom is 0.0206 e. The van der Waals surface area contributed by atoms with Crippen molar-refractivity contribution < 1.29 is 0 Å². The van der Waals surface area contributed by atoms with Crippen LogP contribution in [0.5, 0.6) is 0 Å². The average molecular weight is 347 g/mol. The summed E-state index contributed by atoms with van der Waals surface area (Å²) in [6.45, 7) is 6.39. The van der Waals surface area contributed by atoms with E-state index >= 15 is 0 Å². The molecule has 1 heterocycles. The highest BCUT2D eigenvalue weighted by Crippen LogP contribution is 2.29. The molecular formula is C15H26IN. The van der Waals surface area contributed by atoms with Crippen LogP contribution in [0.2, 0.25) is 0 Å². The van der Waals surface area contributed by atoms with Gasteiger partial charge in [-0.15, -0.1) is 0 Å². The third-order valence-electron chi connectivity index (χ3n) is 4.45.